The second-order valence-electron chi connectivity index (χ2n) is 7.03. The average molecular weight is 445 g/mol. The van der Waals surface area contributed by atoms with E-state index in [2.05, 4.69) is 10.1 Å². The second kappa shape index (κ2) is 9.27. The largest absolute Gasteiger partial charge is 0.497 e. The molecule has 0 aliphatic heterocycles. The fraction of sp³-hybridized carbons (Fsp3) is 0.286. The summed E-state index contributed by atoms with van der Waals surface area (Å²) in [6.45, 7) is 0.0245. The number of benzene rings is 2. The number of aromatic nitrogens is 2. The molecule has 0 fully saturated rings. The fourth-order valence-electron chi connectivity index (χ4n) is 3.02. The zero-order valence-corrected chi connectivity index (χ0v) is 18.5. The van der Waals surface area contributed by atoms with Crippen molar-refractivity contribution in [2.45, 2.75) is 12.6 Å². The topological polar surface area (TPSA) is 106 Å². The maximum Gasteiger partial charge on any atom is 0.246 e. The number of ether oxygens (including phenoxy) is 1. The SMILES string of the molecule is COc1cccc(-c2noc(CN(C)C(=O)C(c3ccccc3)N(C)S(C)(=O)=O)n2)c1. The lowest BCUT2D eigenvalue weighted by atomic mass is 10.1. The Balaban J connectivity index is 1.82. The second-order valence-corrected chi connectivity index (χ2v) is 9.07. The van der Waals surface area contributed by atoms with Crippen LogP contribution in [0.25, 0.3) is 11.4 Å². The fourth-order valence-corrected chi connectivity index (χ4v) is 3.62. The van der Waals surface area contributed by atoms with E-state index in [9.17, 15) is 13.2 Å². The molecule has 3 rings (SSSR count). The molecule has 0 bridgehead atoms. The molecule has 31 heavy (non-hydrogen) atoms. The summed E-state index contributed by atoms with van der Waals surface area (Å²) in [7, 11) is 0.891. The van der Waals surface area contributed by atoms with E-state index in [0.717, 1.165) is 10.6 Å². The predicted molar refractivity (Wildman–Crippen MR) is 115 cm³/mol. The van der Waals surface area contributed by atoms with Crippen LogP contribution in [0.5, 0.6) is 5.75 Å². The molecule has 0 aliphatic carbocycles. The van der Waals surface area contributed by atoms with E-state index < -0.39 is 22.0 Å². The zero-order chi connectivity index (χ0) is 22.6. The van der Waals surface area contributed by atoms with Gasteiger partial charge in [-0.05, 0) is 17.7 Å². The summed E-state index contributed by atoms with van der Waals surface area (Å²) in [6.07, 6.45) is 1.06. The van der Waals surface area contributed by atoms with Crippen LogP contribution in [-0.2, 0) is 21.4 Å². The molecule has 0 spiro atoms. The molecular weight excluding hydrogens is 420 g/mol. The number of carbonyl (C=O) groups excluding carboxylic acids is 1. The first-order valence-corrected chi connectivity index (χ1v) is 11.3. The number of methoxy groups -OCH3 is 1. The molecular formula is C21H24N4O5S. The monoisotopic (exact) mass is 444 g/mol. The molecule has 0 saturated heterocycles. The number of likely N-dealkylation sites (N-methyl/N-ethyl adjacent to an activating group) is 2. The third kappa shape index (κ3) is 5.28. The Morgan fingerprint density at radius 3 is 2.48 bits per heavy atom. The van der Waals surface area contributed by atoms with Crippen molar-refractivity contribution < 1.29 is 22.5 Å². The molecule has 0 N–H and O–H groups in total. The number of hydrogen-bond acceptors (Lipinski definition) is 7. The van der Waals surface area contributed by atoms with Crippen LogP contribution in [0.3, 0.4) is 0 Å². The first-order valence-electron chi connectivity index (χ1n) is 9.40. The lowest BCUT2D eigenvalue weighted by Gasteiger charge is -2.29. The Morgan fingerprint density at radius 2 is 1.84 bits per heavy atom. The normalized spacial score (nSPS) is 12.5. The minimum absolute atomic E-state index is 0.0245. The summed E-state index contributed by atoms with van der Waals surface area (Å²) < 4.78 is 35.9. The van der Waals surface area contributed by atoms with E-state index in [1.54, 1.807) is 56.6 Å². The van der Waals surface area contributed by atoms with E-state index in [1.807, 2.05) is 12.1 Å². The zero-order valence-electron chi connectivity index (χ0n) is 17.7. The Kier molecular flexibility index (Phi) is 6.71. The quantitative estimate of drug-likeness (QED) is 0.525. The van der Waals surface area contributed by atoms with Crippen LogP contribution in [-0.4, -0.2) is 61.1 Å². The van der Waals surface area contributed by atoms with Crippen molar-refractivity contribution in [2.24, 2.45) is 0 Å². The van der Waals surface area contributed by atoms with Crippen LogP contribution in [0.1, 0.15) is 17.5 Å². The highest BCUT2D eigenvalue weighted by atomic mass is 32.2. The first-order chi connectivity index (χ1) is 14.7. The highest BCUT2D eigenvalue weighted by Crippen LogP contribution is 2.25. The van der Waals surface area contributed by atoms with Gasteiger partial charge in [0.05, 0.1) is 19.9 Å². The minimum atomic E-state index is -3.62. The van der Waals surface area contributed by atoms with Gasteiger partial charge in [-0.25, -0.2) is 8.42 Å². The van der Waals surface area contributed by atoms with Gasteiger partial charge in [-0.3, -0.25) is 4.79 Å². The third-order valence-corrected chi connectivity index (χ3v) is 6.04. The molecule has 1 unspecified atom stereocenters. The van der Waals surface area contributed by atoms with Gasteiger partial charge in [-0.1, -0.05) is 47.6 Å². The molecule has 3 aromatic rings. The van der Waals surface area contributed by atoms with Crippen LogP contribution in [0.2, 0.25) is 0 Å². The molecule has 9 nitrogen and oxygen atoms in total. The maximum atomic E-state index is 13.2. The van der Waals surface area contributed by atoms with Crippen molar-refractivity contribution in [3.05, 3.63) is 66.1 Å². The Morgan fingerprint density at radius 1 is 1.13 bits per heavy atom. The summed E-state index contributed by atoms with van der Waals surface area (Å²) in [6, 6.07) is 14.9. The van der Waals surface area contributed by atoms with E-state index in [1.165, 1.54) is 11.9 Å². The van der Waals surface area contributed by atoms with E-state index >= 15 is 0 Å². The first kappa shape index (κ1) is 22.4. The molecule has 1 heterocycles. The van der Waals surface area contributed by atoms with Gasteiger partial charge < -0.3 is 14.2 Å². The molecule has 0 saturated carbocycles. The number of carbonyl (C=O) groups is 1. The van der Waals surface area contributed by atoms with Gasteiger partial charge in [0.25, 0.3) is 0 Å². The Labute approximate surface area is 181 Å². The van der Waals surface area contributed by atoms with Crippen LogP contribution in [0.4, 0.5) is 0 Å². The molecule has 1 aromatic heterocycles. The number of hydrogen-bond donors (Lipinski definition) is 0. The van der Waals surface area contributed by atoms with Crippen molar-refractivity contribution >= 4 is 15.9 Å². The van der Waals surface area contributed by atoms with Crippen molar-refractivity contribution in [1.82, 2.24) is 19.3 Å². The van der Waals surface area contributed by atoms with Crippen LogP contribution >= 0.6 is 0 Å². The molecule has 10 heteroatoms. The van der Waals surface area contributed by atoms with Gasteiger partial charge in [-0.2, -0.15) is 9.29 Å². The van der Waals surface area contributed by atoms with Gasteiger partial charge >= 0.3 is 0 Å². The van der Waals surface area contributed by atoms with Crippen molar-refractivity contribution in [2.75, 3.05) is 27.5 Å². The molecule has 1 amide bonds. The predicted octanol–water partition coefficient (Wildman–Crippen LogP) is 2.34. The Bertz CT molecular complexity index is 1150. The standard InChI is InChI=1S/C21H24N4O5S/c1-24(14-18-22-20(23-30-18)16-11-8-12-17(13-16)29-3)21(26)19(25(2)31(4,27)28)15-9-6-5-7-10-15/h5-13,19H,14H2,1-4H3. The van der Waals surface area contributed by atoms with Crippen molar-refractivity contribution in [3.8, 4) is 17.1 Å². The number of rotatable bonds is 8. The molecule has 1 atom stereocenters. The molecule has 2 aromatic carbocycles. The van der Waals surface area contributed by atoms with Gasteiger partial charge in [0, 0.05) is 19.7 Å². The Hall–Kier alpha value is -3.24. The molecule has 164 valence electrons. The highest BCUT2D eigenvalue weighted by Gasteiger charge is 2.33. The smallest absolute Gasteiger partial charge is 0.246 e. The van der Waals surface area contributed by atoms with Gasteiger partial charge in [0.1, 0.15) is 11.8 Å². The van der Waals surface area contributed by atoms with Gasteiger partial charge in [0.15, 0.2) is 0 Å². The van der Waals surface area contributed by atoms with E-state index in [4.69, 9.17) is 9.26 Å². The van der Waals surface area contributed by atoms with Crippen LogP contribution < -0.4 is 4.74 Å². The maximum absolute atomic E-state index is 13.2. The lowest BCUT2D eigenvalue weighted by molar-refractivity contribution is -0.134. The molecule has 0 radical (unpaired) electrons. The third-order valence-electron chi connectivity index (χ3n) is 4.78. The number of sulfonamides is 1. The van der Waals surface area contributed by atoms with Crippen molar-refractivity contribution in [1.29, 1.82) is 0 Å². The summed E-state index contributed by atoms with van der Waals surface area (Å²) in [4.78, 5) is 18.9. The highest BCUT2D eigenvalue weighted by molar-refractivity contribution is 7.88. The number of nitrogens with zero attached hydrogens (tertiary/aromatic N) is 4. The molecule has 0 aliphatic rings. The lowest BCUT2D eigenvalue weighted by Crippen LogP contribution is -2.41. The summed E-state index contributed by atoms with van der Waals surface area (Å²) >= 11 is 0. The summed E-state index contributed by atoms with van der Waals surface area (Å²) in [5.74, 6) is 0.830. The van der Waals surface area contributed by atoms with Gasteiger partial charge in [0.2, 0.25) is 27.6 Å². The van der Waals surface area contributed by atoms with Crippen LogP contribution in [0.15, 0.2) is 59.1 Å². The minimum Gasteiger partial charge on any atom is -0.497 e. The van der Waals surface area contributed by atoms with Crippen LogP contribution in [0, 0.1) is 0 Å². The average Bonchev–Trinajstić information content (AvgIpc) is 3.22. The van der Waals surface area contributed by atoms with Gasteiger partial charge in [-0.15, -0.1) is 0 Å². The summed E-state index contributed by atoms with van der Waals surface area (Å²) in [5, 5.41) is 3.97. The number of amides is 1. The summed E-state index contributed by atoms with van der Waals surface area (Å²) in [5.41, 5.74) is 1.28. The van der Waals surface area contributed by atoms with Crippen molar-refractivity contribution in [3.63, 3.8) is 0 Å². The van der Waals surface area contributed by atoms with E-state index in [-0.39, 0.29) is 12.4 Å². The van der Waals surface area contributed by atoms with E-state index in [0.29, 0.717) is 22.7 Å².